The normalized spacial score (nSPS) is 11.1. The van der Waals surface area contributed by atoms with Crippen molar-refractivity contribution in [2.24, 2.45) is 0 Å². The first-order valence-corrected chi connectivity index (χ1v) is 9.29. The van der Waals surface area contributed by atoms with E-state index >= 15 is 0 Å². The third kappa shape index (κ3) is 3.83. The second kappa shape index (κ2) is 7.63. The van der Waals surface area contributed by atoms with E-state index in [1.165, 1.54) is 0 Å². The molecule has 0 saturated heterocycles. The third-order valence-corrected chi connectivity index (χ3v) is 4.55. The number of nitrogens with one attached hydrogen (secondary N) is 1. The summed E-state index contributed by atoms with van der Waals surface area (Å²) in [6.45, 7) is 4.46. The summed E-state index contributed by atoms with van der Waals surface area (Å²) in [6, 6.07) is 6.65. The molecule has 0 atom stereocenters. The highest BCUT2D eigenvalue weighted by molar-refractivity contribution is 9.10. The third-order valence-electron chi connectivity index (χ3n) is 3.92. The minimum absolute atomic E-state index is 0.169. The molecule has 8 heteroatoms. The van der Waals surface area contributed by atoms with Gasteiger partial charge in [-0.3, -0.25) is 9.59 Å². The summed E-state index contributed by atoms with van der Waals surface area (Å²) < 4.78 is 5.97. The van der Waals surface area contributed by atoms with Crippen LogP contribution < -0.4 is 5.56 Å². The quantitative estimate of drug-likeness (QED) is 0.644. The Morgan fingerprint density at radius 2 is 2.15 bits per heavy atom. The number of fused-ring (bicyclic) bond motifs is 1. The van der Waals surface area contributed by atoms with Crippen molar-refractivity contribution in [2.75, 3.05) is 6.54 Å². The van der Waals surface area contributed by atoms with Crippen LogP contribution in [0.5, 0.6) is 0 Å². The molecule has 2 aromatic heterocycles. The molecule has 6 nitrogen and oxygen atoms in total. The van der Waals surface area contributed by atoms with Gasteiger partial charge in [0.05, 0.1) is 17.4 Å². The van der Waals surface area contributed by atoms with E-state index < -0.39 is 0 Å². The van der Waals surface area contributed by atoms with Gasteiger partial charge in [0.1, 0.15) is 5.82 Å². The second-order valence-corrected chi connectivity index (χ2v) is 7.18. The van der Waals surface area contributed by atoms with Gasteiger partial charge in [-0.2, -0.15) is 0 Å². The van der Waals surface area contributed by atoms with Crippen molar-refractivity contribution < 1.29 is 9.21 Å². The van der Waals surface area contributed by atoms with Crippen LogP contribution in [0.2, 0.25) is 5.02 Å². The van der Waals surface area contributed by atoms with E-state index in [4.69, 9.17) is 16.0 Å². The van der Waals surface area contributed by atoms with E-state index in [1.54, 1.807) is 29.2 Å². The Bertz CT molecular complexity index is 1030. The number of hydrogen-bond donors (Lipinski definition) is 1. The van der Waals surface area contributed by atoms with E-state index in [0.717, 1.165) is 12.0 Å². The molecule has 1 amide bonds. The van der Waals surface area contributed by atoms with Crippen molar-refractivity contribution in [2.45, 2.75) is 26.8 Å². The van der Waals surface area contributed by atoms with Crippen LogP contribution in [0, 0.1) is 6.92 Å². The number of carbonyl (C=O) groups is 1. The highest BCUT2D eigenvalue weighted by Gasteiger charge is 2.22. The van der Waals surface area contributed by atoms with Crippen molar-refractivity contribution >= 4 is 44.3 Å². The smallest absolute Gasteiger partial charge is 0.290 e. The van der Waals surface area contributed by atoms with Crippen molar-refractivity contribution in [1.29, 1.82) is 0 Å². The lowest BCUT2D eigenvalue weighted by atomic mass is 10.2. The zero-order chi connectivity index (χ0) is 18.8. The van der Waals surface area contributed by atoms with Gasteiger partial charge in [0, 0.05) is 17.1 Å². The highest BCUT2D eigenvalue weighted by atomic mass is 79.9. The first-order chi connectivity index (χ1) is 12.4. The lowest BCUT2D eigenvalue weighted by Gasteiger charge is -2.21. The van der Waals surface area contributed by atoms with E-state index in [2.05, 4.69) is 25.9 Å². The van der Waals surface area contributed by atoms with Crippen LogP contribution in [0.25, 0.3) is 10.9 Å². The molecule has 0 saturated carbocycles. The number of benzene rings is 1. The van der Waals surface area contributed by atoms with Crippen molar-refractivity contribution in [3.63, 3.8) is 0 Å². The molecule has 3 rings (SSSR count). The van der Waals surface area contributed by atoms with Crippen LogP contribution in [0.4, 0.5) is 0 Å². The topological polar surface area (TPSA) is 79.2 Å². The molecular formula is C18H17BrClN3O3. The zero-order valence-corrected chi connectivity index (χ0v) is 16.6. The summed E-state index contributed by atoms with van der Waals surface area (Å²) >= 11 is 9.24. The molecule has 0 aliphatic rings. The molecule has 3 aromatic rings. The first kappa shape index (κ1) is 18.7. The summed E-state index contributed by atoms with van der Waals surface area (Å²) in [5.74, 6) is 0.426. The number of rotatable bonds is 5. The van der Waals surface area contributed by atoms with E-state index in [-0.39, 0.29) is 23.8 Å². The predicted molar refractivity (Wildman–Crippen MR) is 104 cm³/mol. The van der Waals surface area contributed by atoms with Gasteiger partial charge in [-0.25, -0.2) is 4.98 Å². The maximum absolute atomic E-state index is 12.8. The molecule has 136 valence electrons. The molecule has 1 N–H and O–H groups in total. The van der Waals surface area contributed by atoms with Crippen LogP contribution in [0.15, 0.2) is 38.1 Å². The van der Waals surface area contributed by atoms with Crippen LogP contribution in [-0.2, 0) is 6.54 Å². The second-order valence-electron chi connectivity index (χ2n) is 5.96. The number of hydrogen-bond acceptors (Lipinski definition) is 4. The fraction of sp³-hybridized carbons (Fsp3) is 0.278. The Morgan fingerprint density at radius 1 is 1.38 bits per heavy atom. The number of carbonyl (C=O) groups excluding carboxylic acids is 1. The fourth-order valence-corrected chi connectivity index (χ4v) is 3.41. The van der Waals surface area contributed by atoms with Gasteiger partial charge >= 0.3 is 0 Å². The Kier molecular flexibility index (Phi) is 5.48. The molecular weight excluding hydrogens is 422 g/mol. The van der Waals surface area contributed by atoms with Crippen LogP contribution >= 0.6 is 27.5 Å². The Labute approximate surface area is 163 Å². The molecule has 0 aliphatic carbocycles. The molecule has 0 aliphatic heterocycles. The molecule has 0 spiro atoms. The molecule has 1 aromatic carbocycles. The van der Waals surface area contributed by atoms with E-state index in [0.29, 0.717) is 33.0 Å². The van der Waals surface area contributed by atoms with Crippen molar-refractivity contribution in [3.8, 4) is 0 Å². The lowest BCUT2D eigenvalue weighted by molar-refractivity contribution is 0.0704. The summed E-state index contributed by atoms with van der Waals surface area (Å²) in [5, 5.41) is 0.955. The Hall–Kier alpha value is -2.12. The monoisotopic (exact) mass is 437 g/mol. The summed E-state index contributed by atoms with van der Waals surface area (Å²) in [6.07, 6.45) is 0.760. The zero-order valence-electron chi connectivity index (χ0n) is 14.3. The highest BCUT2D eigenvalue weighted by Crippen LogP contribution is 2.22. The predicted octanol–water partition coefficient (Wildman–Crippen LogP) is 4.29. The average molecular weight is 439 g/mol. The van der Waals surface area contributed by atoms with Gasteiger partial charge in [0.2, 0.25) is 0 Å². The number of furan rings is 1. The number of nitrogens with zero attached hydrogens (tertiary/aromatic N) is 2. The van der Waals surface area contributed by atoms with Gasteiger partial charge in [-0.1, -0.05) is 18.5 Å². The number of aromatic amines is 1. The fourth-order valence-electron chi connectivity index (χ4n) is 2.74. The largest absolute Gasteiger partial charge is 0.444 e. The SMILES string of the molecule is CCCN(Cc1nc2cc(Cl)ccc2c(=O)[nH]1)C(=O)c1oc(Br)cc1C. The average Bonchev–Trinajstić information content (AvgIpc) is 2.91. The van der Waals surface area contributed by atoms with Gasteiger partial charge in [-0.05, 0) is 53.5 Å². The number of H-pyrrole nitrogens is 1. The molecule has 0 bridgehead atoms. The maximum atomic E-state index is 12.8. The molecule has 0 unspecified atom stereocenters. The van der Waals surface area contributed by atoms with Gasteiger partial charge in [0.25, 0.3) is 11.5 Å². The van der Waals surface area contributed by atoms with Gasteiger partial charge < -0.3 is 14.3 Å². The van der Waals surface area contributed by atoms with E-state index in [9.17, 15) is 9.59 Å². The maximum Gasteiger partial charge on any atom is 0.290 e. The first-order valence-electron chi connectivity index (χ1n) is 8.12. The summed E-state index contributed by atoms with van der Waals surface area (Å²) in [7, 11) is 0. The number of amides is 1. The van der Waals surface area contributed by atoms with Crippen LogP contribution in [0.3, 0.4) is 0 Å². The van der Waals surface area contributed by atoms with Crippen LogP contribution in [-0.4, -0.2) is 27.3 Å². The molecule has 2 heterocycles. The Balaban J connectivity index is 1.95. The lowest BCUT2D eigenvalue weighted by Crippen LogP contribution is -2.33. The van der Waals surface area contributed by atoms with E-state index in [1.807, 2.05) is 13.8 Å². The van der Waals surface area contributed by atoms with Gasteiger partial charge in [0.15, 0.2) is 10.4 Å². The number of halogens is 2. The molecule has 26 heavy (non-hydrogen) atoms. The number of aryl methyl sites for hydroxylation is 1. The standard InChI is InChI=1S/C18H17BrClN3O3/c1-3-6-23(18(25)16-10(2)7-14(19)26-16)9-15-21-13-8-11(20)4-5-12(13)17(24)22-15/h4-5,7-8H,3,6,9H2,1-2H3,(H,21,22,24). The summed E-state index contributed by atoms with van der Waals surface area (Å²) in [4.78, 5) is 33.9. The van der Waals surface area contributed by atoms with Gasteiger partial charge in [-0.15, -0.1) is 0 Å². The molecule has 0 fully saturated rings. The van der Waals surface area contributed by atoms with Crippen LogP contribution in [0.1, 0.15) is 35.3 Å². The van der Waals surface area contributed by atoms with Crippen molar-refractivity contribution in [1.82, 2.24) is 14.9 Å². The summed E-state index contributed by atoms with van der Waals surface area (Å²) in [5.41, 5.74) is 0.981. The number of aromatic nitrogens is 2. The minimum atomic E-state index is -0.262. The van der Waals surface area contributed by atoms with Crippen molar-refractivity contribution in [3.05, 3.63) is 61.5 Å². The minimum Gasteiger partial charge on any atom is -0.444 e. The molecule has 0 radical (unpaired) electrons. The Morgan fingerprint density at radius 3 is 2.81 bits per heavy atom.